The van der Waals surface area contributed by atoms with Crippen molar-refractivity contribution in [1.29, 1.82) is 0 Å². The van der Waals surface area contributed by atoms with Crippen molar-refractivity contribution in [3.8, 4) is 0 Å². The first kappa shape index (κ1) is 23.6. The summed E-state index contributed by atoms with van der Waals surface area (Å²) in [4.78, 5) is 0.0224. The molecule has 0 unspecified atom stereocenters. The van der Waals surface area contributed by atoms with Gasteiger partial charge in [0, 0.05) is 0 Å². The molecule has 0 spiro atoms. The Labute approximate surface area is 177 Å². The Morgan fingerprint density at radius 2 is 0.967 bits per heavy atom. The van der Waals surface area contributed by atoms with Crippen LogP contribution in [0.2, 0.25) is 0 Å². The summed E-state index contributed by atoms with van der Waals surface area (Å²) in [6.07, 6.45) is 0.624. The summed E-state index contributed by atoms with van der Waals surface area (Å²) in [7, 11) is -7.99. The molecule has 0 saturated heterocycles. The van der Waals surface area contributed by atoms with Crippen molar-refractivity contribution in [3.63, 3.8) is 0 Å². The van der Waals surface area contributed by atoms with Crippen LogP contribution in [0, 0.1) is 13.8 Å². The number of oxime groups is 2. The second-order valence-electron chi connectivity index (χ2n) is 6.84. The molecule has 0 N–H and O–H groups in total. The molecule has 0 bridgehead atoms. The number of nitrogens with zero attached hydrogens (tertiary/aromatic N) is 2. The minimum atomic E-state index is -4.00. The van der Waals surface area contributed by atoms with Gasteiger partial charge in [0.15, 0.2) is 0 Å². The Morgan fingerprint density at radius 1 is 0.667 bits per heavy atom. The van der Waals surface area contributed by atoms with Crippen LogP contribution in [0.5, 0.6) is 0 Å². The van der Waals surface area contributed by atoms with E-state index in [1.807, 2.05) is 13.8 Å². The quantitative estimate of drug-likeness (QED) is 0.421. The first-order chi connectivity index (χ1) is 14.0. The van der Waals surface area contributed by atoms with Gasteiger partial charge in [0.25, 0.3) is 0 Å². The van der Waals surface area contributed by atoms with Gasteiger partial charge in [0.05, 0.1) is 11.4 Å². The zero-order valence-corrected chi connectivity index (χ0v) is 18.8. The molecule has 0 radical (unpaired) electrons. The zero-order valence-electron chi connectivity index (χ0n) is 17.2. The van der Waals surface area contributed by atoms with Gasteiger partial charge >= 0.3 is 20.2 Å². The maximum absolute atomic E-state index is 12.1. The molecule has 0 amide bonds. The summed E-state index contributed by atoms with van der Waals surface area (Å²) in [5.74, 6) is 0. The lowest BCUT2D eigenvalue weighted by atomic mass is 10.2. The molecule has 2 aromatic rings. The zero-order chi connectivity index (χ0) is 22.4. The van der Waals surface area contributed by atoms with E-state index in [0.29, 0.717) is 24.3 Å². The van der Waals surface area contributed by atoms with E-state index >= 15 is 0 Å². The molecule has 0 aliphatic heterocycles. The predicted molar refractivity (Wildman–Crippen MR) is 114 cm³/mol. The second-order valence-corrected chi connectivity index (χ2v) is 9.89. The molecular weight excluding hydrogens is 428 g/mol. The van der Waals surface area contributed by atoms with Crippen molar-refractivity contribution in [2.45, 2.75) is 50.3 Å². The lowest BCUT2D eigenvalue weighted by Gasteiger charge is -2.05. The van der Waals surface area contributed by atoms with Crippen molar-refractivity contribution >= 4 is 31.7 Å². The molecule has 0 fully saturated rings. The second kappa shape index (κ2) is 9.86. The molecule has 0 saturated carbocycles. The Morgan fingerprint density at radius 3 is 1.27 bits per heavy atom. The molecule has 0 aromatic heterocycles. The average Bonchev–Trinajstić information content (AvgIpc) is 2.70. The van der Waals surface area contributed by atoms with Crippen molar-refractivity contribution in [1.82, 2.24) is 0 Å². The van der Waals surface area contributed by atoms with E-state index in [1.54, 1.807) is 38.1 Å². The third kappa shape index (κ3) is 6.96. The fourth-order valence-electron chi connectivity index (χ4n) is 2.17. The van der Waals surface area contributed by atoms with E-state index in [1.165, 1.54) is 24.3 Å². The third-order valence-electron chi connectivity index (χ3n) is 4.05. The Balaban J connectivity index is 1.92. The molecule has 8 nitrogen and oxygen atoms in total. The molecule has 10 heteroatoms. The highest BCUT2D eigenvalue weighted by Gasteiger charge is 2.16. The third-order valence-corrected chi connectivity index (χ3v) is 6.29. The minimum Gasteiger partial charge on any atom is -0.265 e. The summed E-state index contributed by atoms with van der Waals surface area (Å²) >= 11 is 0. The number of aryl methyl sites for hydroxylation is 2. The molecule has 0 aliphatic rings. The summed E-state index contributed by atoms with van der Waals surface area (Å²) in [5.41, 5.74) is 2.66. The van der Waals surface area contributed by atoms with E-state index in [9.17, 15) is 16.8 Å². The highest BCUT2D eigenvalue weighted by atomic mass is 32.2. The normalized spacial score (nSPS) is 13.2. The maximum Gasteiger partial charge on any atom is 0.358 e. The van der Waals surface area contributed by atoms with Gasteiger partial charge in [-0.15, -0.1) is 0 Å². The van der Waals surface area contributed by atoms with Crippen molar-refractivity contribution in [2.24, 2.45) is 10.3 Å². The van der Waals surface area contributed by atoms with E-state index in [4.69, 9.17) is 8.57 Å². The monoisotopic (exact) mass is 452 g/mol. The molecule has 2 rings (SSSR count). The number of hydrogen-bond acceptors (Lipinski definition) is 8. The number of rotatable bonds is 9. The van der Waals surface area contributed by atoms with Crippen molar-refractivity contribution in [3.05, 3.63) is 59.7 Å². The van der Waals surface area contributed by atoms with Crippen molar-refractivity contribution < 1.29 is 25.4 Å². The van der Waals surface area contributed by atoms with Gasteiger partial charge in [0.1, 0.15) is 9.79 Å². The summed E-state index contributed by atoms with van der Waals surface area (Å²) in [5, 5.41) is 7.29. The summed E-state index contributed by atoms with van der Waals surface area (Å²) in [6, 6.07) is 12.4. The van der Waals surface area contributed by atoms with Gasteiger partial charge in [-0.2, -0.15) is 16.8 Å². The molecular formula is C20H24N2O6S2. The van der Waals surface area contributed by atoms with Gasteiger partial charge in [-0.3, -0.25) is 8.57 Å². The fourth-order valence-corrected chi connectivity index (χ4v) is 3.74. The Bertz CT molecular complexity index is 1040. The Hall–Kier alpha value is -2.72. The lowest BCUT2D eigenvalue weighted by molar-refractivity contribution is 0.335. The fraction of sp³-hybridized carbons (Fsp3) is 0.300. The van der Waals surface area contributed by atoms with Crippen LogP contribution in [-0.2, 0) is 28.8 Å². The highest BCUT2D eigenvalue weighted by Crippen LogP contribution is 2.15. The van der Waals surface area contributed by atoms with E-state index < -0.39 is 20.2 Å². The topological polar surface area (TPSA) is 111 Å². The molecule has 162 valence electrons. The SMILES string of the molecule is C/C(CC/C(C)=N\OS(=O)(=O)c1ccc(C)cc1)=N/OS(=O)(=O)c1ccc(C)cc1. The molecule has 30 heavy (non-hydrogen) atoms. The van der Waals surface area contributed by atoms with Gasteiger partial charge < -0.3 is 0 Å². The standard InChI is InChI=1S/C20H24N2O6S2/c1-15-5-11-19(12-6-15)29(23,24)27-21-17(3)9-10-18(4)22-28-30(25,26)20-13-7-16(2)8-14-20/h5-8,11-14H,9-10H2,1-4H3/b21-17-,22-18-. The van der Waals surface area contributed by atoms with Crippen LogP contribution in [0.15, 0.2) is 68.6 Å². The van der Waals surface area contributed by atoms with Crippen molar-refractivity contribution in [2.75, 3.05) is 0 Å². The summed E-state index contributed by atoms with van der Waals surface area (Å²) < 4.78 is 57.9. The predicted octanol–water partition coefficient (Wildman–Crippen LogP) is 3.95. The first-order valence-electron chi connectivity index (χ1n) is 9.07. The Kier molecular flexibility index (Phi) is 7.74. The molecule has 0 heterocycles. The first-order valence-corrected chi connectivity index (χ1v) is 11.9. The van der Waals surface area contributed by atoms with Crippen LogP contribution >= 0.6 is 0 Å². The smallest absolute Gasteiger partial charge is 0.265 e. The largest absolute Gasteiger partial charge is 0.358 e. The van der Waals surface area contributed by atoms with Crippen LogP contribution < -0.4 is 0 Å². The number of hydrogen-bond donors (Lipinski definition) is 0. The van der Waals surface area contributed by atoms with Crippen LogP contribution in [-0.4, -0.2) is 28.3 Å². The van der Waals surface area contributed by atoms with Gasteiger partial charge in [-0.1, -0.05) is 45.7 Å². The van der Waals surface area contributed by atoms with Crippen LogP contribution in [0.3, 0.4) is 0 Å². The van der Waals surface area contributed by atoms with E-state index in [0.717, 1.165) is 11.1 Å². The molecule has 0 aliphatic carbocycles. The van der Waals surface area contributed by atoms with Gasteiger partial charge in [0.2, 0.25) is 0 Å². The summed E-state index contributed by atoms with van der Waals surface area (Å²) in [6.45, 7) is 6.89. The van der Waals surface area contributed by atoms with Gasteiger partial charge in [-0.05, 0) is 64.8 Å². The lowest BCUT2D eigenvalue weighted by Crippen LogP contribution is -2.07. The van der Waals surface area contributed by atoms with Crippen LogP contribution in [0.1, 0.15) is 37.8 Å². The molecule has 2 aromatic carbocycles. The van der Waals surface area contributed by atoms with E-state index in [-0.39, 0.29) is 9.79 Å². The minimum absolute atomic E-state index is 0.0112. The van der Waals surface area contributed by atoms with Gasteiger partial charge in [-0.25, -0.2) is 0 Å². The van der Waals surface area contributed by atoms with Crippen LogP contribution in [0.4, 0.5) is 0 Å². The molecule has 0 atom stereocenters. The van der Waals surface area contributed by atoms with E-state index in [2.05, 4.69) is 10.3 Å². The average molecular weight is 453 g/mol. The number of benzene rings is 2. The highest BCUT2D eigenvalue weighted by molar-refractivity contribution is 7.87. The van der Waals surface area contributed by atoms with Crippen LogP contribution in [0.25, 0.3) is 0 Å². The maximum atomic E-state index is 12.1.